The van der Waals surface area contributed by atoms with Crippen molar-refractivity contribution in [1.82, 2.24) is 0 Å². The summed E-state index contributed by atoms with van der Waals surface area (Å²) in [6, 6.07) is 111. The average Bonchev–Trinajstić information content (AvgIpc) is 0.737. The Morgan fingerprint density at radius 2 is 0.270 bits per heavy atom. The molecule has 148 heavy (non-hydrogen) atoms. The molecule has 0 N–H and O–H groups in total. The first kappa shape index (κ1) is 131. The number of anilines is 18. The minimum atomic E-state index is 0. The molecule has 25 rings (SSSR count). The first-order valence-corrected chi connectivity index (χ1v) is 52.4. The minimum Gasteiger partial charge on any atom is -0.344 e. The van der Waals surface area contributed by atoms with Crippen molar-refractivity contribution < 1.29 is 0 Å². The number of hydrogen-bond donors (Lipinski definition) is 0. The fourth-order valence-corrected chi connectivity index (χ4v) is 21.2. The first-order valence-electron chi connectivity index (χ1n) is 52.4. The van der Waals surface area contributed by atoms with Crippen molar-refractivity contribution in [1.29, 1.82) is 0 Å². The lowest BCUT2D eigenvalue weighted by Gasteiger charge is -2.37. The Bertz CT molecular complexity index is 6290. The molecule has 15 aromatic rings. The van der Waals surface area contributed by atoms with Crippen molar-refractivity contribution in [3.63, 3.8) is 0 Å². The summed E-state index contributed by atoms with van der Waals surface area (Å²) in [5, 5.41) is 0. The Morgan fingerprint density at radius 3 is 0.527 bits per heavy atom. The molecule has 0 atom stereocenters. The van der Waals surface area contributed by atoms with E-state index in [4.69, 9.17) is 0 Å². The lowest BCUT2D eigenvalue weighted by molar-refractivity contribution is 0.972. The molecule has 0 spiro atoms. The maximum absolute atomic E-state index is 2.45. The van der Waals surface area contributed by atoms with Gasteiger partial charge in [-0.25, -0.2) is 0 Å². The molecule has 0 aromatic heterocycles. The summed E-state index contributed by atoms with van der Waals surface area (Å²) in [6.45, 7) is 40.0. The van der Waals surface area contributed by atoms with Gasteiger partial charge in [0.15, 0.2) is 0 Å². The van der Waals surface area contributed by atoms with Gasteiger partial charge >= 0.3 is 0 Å². The van der Waals surface area contributed by atoms with E-state index in [0.29, 0.717) is 0 Å². The second-order valence-electron chi connectivity index (χ2n) is 34.0. The molecule has 9 heteroatoms. The summed E-state index contributed by atoms with van der Waals surface area (Å²) >= 11 is 0. The molecule has 0 radical (unpaired) electrons. The van der Waals surface area contributed by atoms with Crippen LogP contribution in [0.5, 0.6) is 0 Å². The quantitative estimate of drug-likeness (QED) is 0.147. The SMILES string of the molecule is C.C.C.C.C.C.C.C.C.CC.CC.CC.CC.CC.CC.CC.CC.CC.CC.CN1c2ccccc2Cc2c1ccc1c2Cc2ccccc2N1C.CN1c2ccccc2Cc2c1ccc1c2N(C)c2ccccc2C1.CN1c2ccccc2Cc2cc3c(cc21)Cc1ccccc1C3.CN1c2ccccc2Cc2cc3c(cc21)Cc1ccccc1N3C.CN1c2ccccc2Cc2cc3c(cc21)N(C)c1ccccc1C3. The molecule has 796 valence electrons. The van der Waals surface area contributed by atoms with Gasteiger partial charge < -0.3 is 44.1 Å². The predicted molar refractivity (Wildman–Crippen MR) is 674 cm³/mol. The van der Waals surface area contributed by atoms with Gasteiger partial charge in [-0.05, 0) is 227 Å². The second-order valence-corrected chi connectivity index (χ2v) is 34.0. The van der Waals surface area contributed by atoms with E-state index in [1.54, 1.807) is 0 Å². The largest absolute Gasteiger partial charge is 0.344 e. The molecular weight excluding hydrogens is 1800 g/mol. The van der Waals surface area contributed by atoms with Gasteiger partial charge in [0.2, 0.25) is 0 Å². The van der Waals surface area contributed by atoms with Gasteiger partial charge in [-0.15, -0.1) is 0 Å². The van der Waals surface area contributed by atoms with Crippen LogP contribution in [0.15, 0.2) is 303 Å². The highest BCUT2D eigenvalue weighted by molar-refractivity contribution is 5.89. The molecule has 0 amide bonds. The summed E-state index contributed by atoms with van der Waals surface area (Å²) in [5.74, 6) is 0. The topological polar surface area (TPSA) is 29.2 Å². The van der Waals surface area contributed by atoms with Crippen molar-refractivity contribution in [2.24, 2.45) is 0 Å². The molecule has 10 aliphatic rings. The Kier molecular flexibility index (Phi) is 54.7. The normalized spacial score (nSPS) is 12.1. The molecule has 9 aliphatic heterocycles. The van der Waals surface area contributed by atoms with Crippen molar-refractivity contribution in [3.8, 4) is 0 Å². The van der Waals surface area contributed by atoms with E-state index in [2.05, 4.69) is 411 Å². The summed E-state index contributed by atoms with van der Waals surface area (Å²) in [7, 11) is 19.7. The lowest BCUT2D eigenvalue weighted by Crippen LogP contribution is -2.25. The lowest BCUT2D eigenvalue weighted by atomic mass is 9.83. The van der Waals surface area contributed by atoms with Crippen LogP contribution in [0, 0.1) is 0 Å². The van der Waals surface area contributed by atoms with Crippen molar-refractivity contribution >= 4 is 102 Å². The Labute approximate surface area is 905 Å². The van der Waals surface area contributed by atoms with Gasteiger partial charge in [0.25, 0.3) is 0 Å². The predicted octanol–water partition coefficient (Wildman–Crippen LogP) is 41.0. The average molecular weight is 1990 g/mol. The van der Waals surface area contributed by atoms with Gasteiger partial charge in [-0.3, -0.25) is 0 Å². The maximum atomic E-state index is 2.45. The minimum absolute atomic E-state index is 0. The van der Waals surface area contributed by atoms with Crippen LogP contribution in [0.4, 0.5) is 102 Å². The van der Waals surface area contributed by atoms with Gasteiger partial charge in [-0.1, -0.05) is 412 Å². The standard InChI is InChI=1S/4C22H20N2.C22H19N.10C2H6.9CH4/c1-23-19-9-5-4-8-16(19)14-18-21(23)12-11-17-13-15-7-3-6-10-20(15)24(2)22(17)18;1-23-19-9-5-3-7-15(19)11-17-14-22-18(13-21(17)23)12-16-8-4-6-10-20(16)24(22)2;1-23-19-9-5-3-7-15(19)11-17-13-18-12-16-8-4-6-10-20(16)24(2)22(18)14-21(17)23;1-23-19-9-5-3-7-15(19)13-17-18-14-16-8-4-6-10-20(16)24(2)22(18)12-11-21(17)23;1-23-21-9-5-4-8-17(21)12-20-13-18-10-15-6-2-3-7-16(15)11-19(18)14-22(20)23;10*1-2;;;;;;;;;/h3-12H,13-14H2,1-2H3;2*3-10,13-14H,11-12H2,1-2H3;3-12H,13-14H2,1-2H3;2-9,13-14H,10-12H2,1H3;10*1-2H3;9*1H4. The molecule has 15 aromatic carbocycles. The molecule has 0 bridgehead atoms. The number of para-hydroxylation sites is 9. The molecule has 9 heterocycles. The fraction of sp³-hybridized carbons (Fsp3) is 0.353. The summed E-state index contributed by atoms with van der Waals surface area (Å²) in [4.78, 5) is 21.1. The van der Waals surface area contributed by atoms with Gasteiger partial charge in [0.05, 0.1) is 5.69 Å². The summed E-state index contributed by atoms with van der Waals surface area (Å²) in [5.41, 5.74) is 55.8. The highest BCUT2D eigenvalue weighted by Gasteiger charge is 2.34. The van der Waals surface area contributed by atoms with E-state index >= 15 is 0 Å². The van der Waals surface area contributed by atoms with Crippen LogP contribution in [0.3, 0.4) is 0 Å². The third-order valence-electron chi connectivity index (χ3n) is 27.4. The van der Waals surface area contributed by atoms with Crippen LogP contribution in [0.2, 0.25) is 0 Å². The van der Waals surface area contributed by atoms with Crippen LogP contribution < -0.4 is 44.1 Å². The number of rotatable bonds is 0. The Morgan fingerprint density at radius 1 is 0.115 bits per heavy atom. The fourth-order valence-electron chi connectivity index (χ4n) is 21.2. The molecule has 9 nitrogen and oxygen atoms in total. The molecule has 0 unspecified atom stereocenters. The number of benzene rings is 15. The third-order valence-corrected chi connectivity index (χ3v) is 27.4. The Hall–Kier alpha value is -13.5. The first-order chi connectivity index (χ1) is 68.2. The van der Waals surface area contributed by atoms with Crippen molar-refractivity contribution in [2.75, 3.05) is 108 Å². The van der Waals surface area contributed by atoms with Crippen molar-refractivity contribution in [2.45, 2.75) is 276 Å². The smallest absolute Gasteiger partial charge is 0.0501 e. The number of nitrogens with zero attached hydrogens (tertiary/aromatic N) is 9. The van der Waals surface area contributed by atoms with Gasteiger partial charge in [0.1, 0.15) is 0 Å². The van der Waals surface area contributed by atoms with Crippen LogP contribution in [-0.4, -0.2) is 63.4 Å². The number of fused-ring (bicyclic) bond motifs is 22. The van der Waals surface area contributed by atoms with E-state index < -0.39 is 0 Å². The third kappa shape index (κ3) is 26.4. The van der Waals surface area contributed by atoms with Crippen LogP contribution in [-0.2, 0) is 70.6 Å². The van der Waals surface area contributed by atoms with E-state index in [-0.39, 0.29) is 66.8 Å². The van der Waals surface area contributed by atoms with Crippen molar-refractivity contribution in [3.05, 3.63) is 426 Å². The van der Waals surface area contributed by atoms with Gasteiger partial charge in [0, 0.05) is 223 Å². The molecule has 0 saturated heterocycles. The van der Waals surface area contributed by atoms with Gasteiger partial charge in [-0.2, -0.15) is 0 Å². The Balaban J connectivity index is 0.000000590. The molecule has 0 fully saturated rings. The van der Waals surface area contributed by atoms with E-state index in [1.807, 2.05) is 138 Å². The highest BCUT2D eigenvalue weighted by atomic mass is 15.2. The van der Waals surface area contributed by atoms with Crippen LogP contribution in [0.25, 0.3) is 0 Å². The van der Waals surface area contributed by atoms with Crippen LogP contribution >= 0.6 is 0 Å². The molecule has 0 saturated carbocycles. The number of hydrogen-bond acceptors (Lipinski definition) is 9. The monoisotopic (exact) mass is 1990 g/mol. The molecular formula is C139H195N9. The maximum Gasteiger partial charge on any atom is 0.0501 e. The summed E-state index contributed by atoms with van der Waals surface area (Å²) in [6.07, 6.45) is 11.3. The molecule has 1 aliphatic carbocycles. The van der Waals surface area contributed by atoms with E-state index in [9.17, 15) is 0 Å². The summed E-state index contributed by atoms with van der Waals surface area (Å²) < 4.78 is 0. The highest BCUT2D eigenvalue weighted by Crippen LogP contribution is 2.53. The second kappa shape index (κ2) is 62.0. The zero-order valence-corrected chi connectivity index (χ0v) is 89.7. The van der Waals surface area contributed by atoms with Crippen LogP contribution in [0.1, 0.15) is 328 Å². The van der Waals surface area contributed by atoms with E-state index in [1.165, 1.54) is 225 Å². The zero-order valence-electron chi connectivity index (χ0n) is 89.7. The van der Waals surface area contributed by atoms with E-state index in [0.717, 1.165) is 70.6 Å². The zero-order chi connectivity index (χ0) is 100.